The van der Waals surface area contributed by atoms with Crippen LogP contribution in [-0.2, 0) is 9.59 Å². The standard InChI is InChI=1S/C19H22ClN5O2/c1-15(26)25(17-5-3-16(20)4-6-17)10-7-18(27)23-11-13-24(14-12-23)19-21-8-2-9-22-19/h2-6,8-9H,7,10-14H2,1H3. The van der Waals surface area contributed by atoms with Crippen LogP contribution in [0.3, 0.4) is 0 Å². The van der Waals surface area contributed by atoms with Crippen molar-refractivity contribution in [3.8, 4) is 0 Å². The minimum Gasteiger partial charge on any atom is -0.339 e. The monoisotopic (exact) mass is 387 g/mol. The van der Waals surface area contributed by atoms with Crippen LogP contribution in [0, 0.1) is 0 Å². The first-order valence-electron chi connectivity index (χ1n) is 8.88. The normalized spacial score (nSPS) is 14.1. The Kier molecular flexibility index (Phi) is 6.24. The molecule has 0 saturated carbocycles. The summed E-state index contributed by atoms with van der Waals surface area (Å²) in [6.45, 7) is 4.48. The number of aromatic nitrogens is 2. The fraction of sp³-hybridized carbons (Fsp3) is 0.368. The SMILES string of the molecule is CC(=O)N(CCC(=O)N1CCN(c2ncccn2)CC1)c1ccc(Cl)cc1. The van der Waals surface area contributed by atoms with E-state index in [0.717, 1.165) is 5.69 Å². The van der Waals surface area contributed by atoms with E-state index in [1.807, 2.05) is 4.90 Å². The average molecular weight is 388 g/mol. The van der Waals surface area contributed by atoms with E-state index < -0.39 is 0 Å². The van der Waals surface area contributed by atoms with E-state index in [2.05, 4.69) is 14.9 Å². The van der Waals surface area contributed by atoms with Crippen molar-refractivity contribution >= 4 is 35.1 Å². The van der Waals surface area contributed by atoms with Crippen LogP contribution >= 0.6 is 11.6 Å². The Hall–Kier alpha value is -2.67. The molecule has 0 N–H and O–H groups in total. The molecule has 0 radical (unpaired) electrons. The summed E-state index contributed by atoms with van der Waals surface area (Å²) in [5.41, 5.74) is 0.741. The number of hydrogen-bond acceptors (Lipinski definition) is 5. The Balaban J connectivity index is 1.53. The van der Waals surface area contributed by atoms with E-state index in [0.29, 0.717) is 43.7 Å². The Morgan fingerprint density at radius 3 is 2.30 bits per heavy atom. The topological polar surface area (TPSA) is 69.6 Å². The molecular weight excluding hydrogens is 366 g/mol. The number of benzene rings is 1. The van der Waals surface area contributed by atoms with Crippen LogP contribution in [-0.4, -0.2) is 59.4 Å². The summed E-state index contributed by atoms with van der Waals surface area (Å²) >= 11 is 5.90. The molecule has 2 heterocycles. The molecule has 0 unspecified atom stereocenters. The van der Waals surface area contributed by atoms with Crippen molar-refractivity contribution in [2.45, 2.75) is 13.3 Å². The molecule has 7 nitrogen and oxygen atoms in total. The maximum absolute atomic E-state index is 12.6. The maximum atomic E-state index is 12.6. The zero-order valence-corrected chi connectivity index (χ0v) is 16.0. The number of hydrogen-bond donors (Lipinski definition) is 0. The minimum absolute atomic E-state index is 0.0452. The largest absolute Gasteiger partial charge is 0.339 e. The first-order valence-corrected chi connectivity index (χ1v) is 9.26. The molecule has 0 atom stereocenters. The lowest BCUT2D eigenvalue weighted by molar-refractivity contribution is -0.131. The van der Waals surface area contributed by atoms with Gasteiger partial charge < -0.3 is 14.7 Å². The number of carbonyl (C=O) groups excluding carboxylic acids is 2. The lowest BCUT2D eigenvalue weighted by Crippen LogP contribution is -2.49. The Bertz CT molecular complexity index is 776. The van der Waals surface area contributed by atoms with Gasteiger partial charge in [0.25, 0.3) is 0 Å². The van der Waals surface area contributed by atoms with Crippen molar-refractivity contribution in [3.63, 3.8) is 0 Å². The summed E-state index contributed by atoms with van der Waals surface area (Å²) in [5.74, 6) is 0.634. The second-order valence-corrected chi connectivity index (χ2v) is 6.75. The summed E-state index contributed by atoms with van der Waals surface area (Å²) in [5, 5.41) is 0.610. The summed E-state index contributed by atoms with van der Waals surface area (Å²) < 4.78 is 0. The van der Waals surface area contributed by atoms with Crippen LogP contribution in [0.15, 0.2) is 42.7 Å². The van der Waals surface area contributed by atoms with E-state index >= 15 is 0 Å². The van der Waals surface area contributed by atoms with Gasteiger partial charge in [-0.2, -0.15) is 0 Å². The van der Waals surface area contributed by atoms with Gasteiger partial charge in [-0.1, -0.05) is 11.6 Å². The average Bonchev–Trinajstić information content (AvgIpc) is 2.70. The first-order chi connectivity index (χ1) is 13.0. The summed E-state index contributed by atoms with van der Waals surface area (Å²) in [6.07, 6.45) is 3.71. The summed E-state index contributed by atoms with van der Waals surface area (Å²) in [7, 11) is 0. The molecule has 1 aliphatic heterocycles. The quantitative estimate of drug-likeness (QED) is 0.786. The molecule has 0 spiro atoms. The fourth-order valence-electron chi connectivity index (χ4n) is 3.07. The predicted octanol–water partition coefficient (Wildman–Crippen LogP) is 2.22. The highest BCUT2D eigenvalue weighted by Gasteiger charge is 2.23. The number of anilines is 2. The van der Waals surface area contributed by atoms with E-state index in [1.54, 1.807) is 47.6 Å². The van der Waals surface area contributed by atoms with E-state index in [9.17, 15) is 9.59 Å². The maximum Gasteiger partial charge on any atom is 0.225 e. The lowest BCUT2D eigenvalue weighted by Gasteiger charge is -2.35. The predicted molar refractivity (Wildman–Crippen MR) is 105 cm³/mol. The number of nitrogens with zero attached hydrogens (tertiary/aromatic N) is 5. The number of rotatable bonds is 5. The van der Waals surface area contributed by atoms with Gasteiger partial charge in [-0.15, -0.1) is 0 Å². The highest BCUT2D eigenvalue weighted by atomic mass is 35.5. The van der Waals surface area contributed by atoms with Crippen LogP contribution in [0.5, 0.6) is 0 Å². The molecule has 3 rings (SSSR count). The van der Waals surface area contributed by atoms with Gasteiger partial charge in [0.15, 0.2) is 0 Å². The van der Waals surface area contributed by atoms with Crippen molar-refractivity contribution in [2.24, 2.45) is 0 Å². The van der Waals surface area contributed by atoms with Gasteiger partial charge in [-0.05, 0) is 30.3 Å². The summed E-state index contributed by atoms with van der Waals surface area (Å²) in [6, 6.07) is 8.82. The number of carbonyl (C=O) groups is 2. The molecule has 27 heavy (non-hydrogen) atoms. The van der Waals surface area contributed by atoms with Gasteiger partial charge in [0.05, 0.1) is 0 Å². The Morgan fingerprint density at radius 2 is 1.70 bits per heavy atom. The molecule has 1 aliphatic rings. The molecule has 1 aromatic heterocycles. The molecule has 0 aliphatic carbocycles. The first kappa shape index (κ1) is 19.1. The van der Waals surface area contributed by atoms with Crippen LogP contribution in [0.1, 0.15) is 13.3 Å². The van der Waals surface area contributed by atoms with Crippen molar-refractivity contribution in [3.05, 3.63) is 47.7 Å². The molecular formula is C19H22ClN5O2. The Labute approximate surface area is 163 Å². The van der Waals surface area contributed by atoms with Crippen LogP contribution in [0.2, 0.25) is 5.02 Å². The van der Waals surface area contributed by atoms with Crippen molar-refractivity contribution in [2.75, 3.05) is 42.5 Å². The second-order valence-electron chi connectivity index (χ2n) is 6.31. The lowest BCUT2D eigenvalue weighted by atomic mass is 10.2. The van der Waals surface area contributed by atoms with Gasteiger partial charge >= 0.3 is 0 Å². The van der Waals surface area contributed by atoms with Crippen LogP contribution < -0.4 is 9.80 Å². The smallest absolute Gasteiger partial charge is 0.225 e. The third-order valence-corrected chi connectivity index (χ3v) is 4.79. The highest BCUT2D eigenvalue weighted by Crippen LogP contribution is 2.19. The number of piperazine rings is 1. The zero-order valence-electron chi connectivity index (χ0n) is 15.2. The minimum atomic E-state index is -0.101. The second kappa shape index (κ2) is 8.81. The molecule has 1 fully saturated rings. The van der Waals surface area contributed by atoms with E-state index in [-0.39, 0.29) is 18.2 Å². The van der Waals surface area contributed by atoms with Crippen molar-refractivity contribution in [1.82, 2.24) is 14.9 Å². The van der Waals surface area contributed by atoms with Gasteiger partial charge in [0, 0.05) is 69.2 Å². The third kappa shape index (κ3) is 4.95. The molecule has 2 aromatic rings. The van der Waals surface area contributed by atoms with Gasteiger partial charge in [-0.25, -0.2) is 9.97 Å². The Morgan fingerprint density at radius 1 is 1.07 bits per heavy atom. The van der Waals surface area contributed by atoms with E-state index in [4.69, 9.17) is 11.6 Å². The van der Waals surface area contributed by atoms with Crippen molar-refractivity contribution in [1.29, 1.82) is 0 Å². The molecule has 1 aromatic carbocycles. The summed E-state index contributed by atoms with van der Waals surface area (Å²) in [4.78, 5) is 38.5. The van der Waals surface area contributed by atoms with E-state index in [1.165, 1.54) is 6.92 Å². The number of amides is 2. The van der Waals surface area contributed by atoms with Crippen LogP contribution in [0.4, 0.5) is 11.6 Å². The molecule has 142 valence electrons. The molecule has 2 amide bonds. The zero-order chi connectivity index (χ0) is 19.2. The van der Waals surface area contributed by atoms with Crippen molar-refractivity contribution < 1.29 is 9.59 Å². The fourth-order valence-corrected chi connectivity index (χ4v) is 3.19. The van der Waals surface area contributed by atoms with Gasteiger partial charge in [-0.3, -0.25) is 9.59 Å². The van der Waals surface area contributed by atoms with Gasteiger partial charge in [0.1, 0.15) is 0 Å². The highest BCUT2D eigenvalue weighted by molar-refractivity contribution is 6.30. The number of halogens is 1. The molecule has 0 bridgehead atoms. The van der Waals surface area contributed by atoms with Gasteiger partial charge in [0.2, 0.25) is 17.8 Å². The van der Waals surface area contributed by atoms with Crippen LogP contribution in [0.25, 0.3) is 0 Å². The molecule has 1 saturated heterocycles. The third-order valence-electron chi connectivity index (χ3n) is 4.54. The molecule has 8 heteroatoms.